The van der Waals surface area contributed by atoms with Crippen molar-refractivity contribution in [1.29, 1.82) is 0 Å². The fraction of sp³-hybridized carbons (Fsp3) is 0.444. The number of sulfonamides is 1. The number of nitrogens with zero attached hydrogens (tertiary/aromatic N) is 3. The van der Waals surface area contributed by atoms with Crippen LogP contribution in [0.4, 0.5) is 5.69 Å². The van der Waals surface area contributed by atoms with Crippen LogP contribution in [-0.2, 0) is 33.0 Å². The summed E-state index contributed by atoms with van der Waals surface area (Å²) in [6.45, 7) is 2.55. The summed E-state index contributed by atoms with van der Waals surface area (Å²) in [5, 5.41) is 4.14. The van der Waals surface area contributed by atoms with E-state index < -0.39 is 10.0 Å². The van der Waals surface area contributed by atoms with E-state index in [4.69, 9.17) is 4.74 Å². The number of nitrogens with one attached hydrogen (secondary N) is 1. The number of aryl methyl sites for hydroxylation is 1. The first kappa shape index (κ1) is 18.1. The highest BCUT2D eigenvalue weighted by Crippen LogP contribution is 2.33. The van der Waals surface area contributed by atoms with Crippen molar-refractivity contribution >= 4 is 21.6 Å². The number of ether oxygens (including phenoxy) is 1. The van der Waals surface area contributed by atoms with E-state index in [9.17, 15) is 13.2 Å². The second-order valence-electron chi connectivity index (χ2n) is 6.97. The molecule has 1 amide bonds. The fourth-order valence-electron chi connectivity index (χ4n) is 3.75. The highest BCUT2D eigenvalue weighted by molar-refractivity contribution is 7.89. The number of amides is 1. The van der Waals surface area contributed by atoms with Gasteiger partial charge >= 0.3 is 0 Å². The first-order valence-electron chi connectivity index (χ1n) is 8.89. The van der Waals surface area contributed by atoms with Gasteiger partial charge in [-0.25, -0.2) is 13.1 Å². The number of anilines is 1. The van der Waals surface area contributed by atoms with E-state index in [-0.39, 0.29) is 22.9 Å². The predicted molar refractivity (Wildman–Crippen MR) is 98.8 cm³/mol. The second-order valence-corrected chi connectivity index (χ2v) is 8.68. The summed E-state index contributed by atoms with van der Waals surface area (Å²) in [6.07, 6.45) is 4.48. The van der Waals surface area contributed by atoms with Crippen LogP contribution in [0.25, 0.3) is 0 Å². The molecule has 1 N–H and O–H groups in total. The Morgan fingerprint density at radius 1 is 1.37 bits per heavy atom. The molecular formula is C18H22N4O4S. The Morgan fingerprint density at radius 3 is 2.89 bits per heavy atom. The van der Waals surface area contributed by atoms with Crippen molar-refractivity contribution in [3.8, 4) is 0 Å². The van der Waals surface area contributed by atoms with E-state index in [1.54, 1.807) is 34.0 Å². The number of hydrogen-bond donors (Lipinski definition) is 1. The third kappa shape index (κ3) is 3.38. The Hall–Kier alpha value is -2.23. The number of aromatic nitrogens is 2. The molecule has 2 atom stereocenters. The number of rotatable bonds is 4. The van der Waals surface area contributed by atoms with E-state index >= 15 is 0 Å². The Labute approximate surface area is 158 Å². The Balaban J connectivity index is 1.59. The molecule has 0 spiro atoms. The van der Waals surface area contributed by atoms with Crippen LogP contribution in [-0.4, -0.2) is 43.3 Å². The molecule has 1 fully saturated rings. The Bertz CT molecular complexity index is 985. The fourth-order valence-corrected chi connectivity index (χ4v) is 5.04. The van der Waals surface area contributed by atoms with Gasteiger partial charge in [0, 0.05) is 44.6 Å². The zero-order chi connectivity index (χ0) is 19.2. The Kier molecular flexibility index (Phi) is 4.53. The van der Waals surface area contributed by atoms with Crippen LogP contribution < -0.4 is 9.62 Å². The molecular weight excluding hydrogens is 368 g/mol. The van der Waals surface area contributed by atoms with Gasteiger partial charge in [0.1, 0.15) is 6.10 Å². The molecule has 0 bridgehead atoms. The third-order valence-corrected chi connectivity index (χ3v) is 6.58. The van der Waals surface area contributed by atoms with Gasteiger partial charge in [0.2, 0.25) is 15.9 Å². The lowest BCUT2D eigenvalue weighted by atomic mass is 10.1. The molecule has 0 aliphatic carbocycles. The molecule has 144 valence electrons. The van der Waals surface area contributed by atoms with Crippen LogP contribution >= 0.6 is 0 Å². The minimum atomic E-state index is -3.74. The van der Waals surface area contributed by atoms with Gasteiger partial charge in [-0.2, -0.15) is 5.10 Å². The summed E-state index contributed by atoms with van der Waals surface area (Å²) >= 11 is 0. The molecule has 1 aromatic carbocycles. The molecule has 2 aliphatic rings. The predicted octanol–water partition coefficient (Wildman–Crippen LogP) is 1.14. The molecule has 0 radical (unpaired) electrons. The minimum absolute atomic E-state index is 0.0860. The lowest BCUT2D eigenvalue weighted by molar-refractivity contribution is -0.116. The minimum Gasteiger partial charge on any atom is -0.372 e. The molecule has 4 rings (SSSR count). The molecule has 2 aliphatic heterocycles. The van der Waals surface area contributed by atoms with Gasteiger partial charge in [-0.15, -0.1) is 0 Å². The Morgan fingerprint density at radius 2 is 2.19 bits per heavy atom. The summed E-state index contributed by atoms with van der Waals surface area (Å²) in [4.78, 5) is 13.6. The number of hydrogen-bond acceptors (Lipinski definition) is 5. The average molecular weight is 390 g/mol. The molecule has 1 aromatic heterocycles. The van der Waals surface area contributed by atoms with Crippen molar-refractivity contribution in [2.24, 2.45) is 7.05 Å². The lowest BCUT2D eigenvalue weighted by Crippen LogP contribution is -2.36. The van der Waals surface area contributed by atoms with Crippen molar-refractivity contribution in [3.63, 3.8) is 0 Å². The van der Waals surface area contributed by atoms with Crippen molar-refractivity contribution in [1.82, 2.24) is 14.5 Å². The third-order valence-electron chi connectivity index (χ3n) is 5.09. The van der Waals surface area contributed by atoms with Crippen LogP contribution in [0, 0.1) is 0 Å². The molecule has 2 aromatic rings. The number of carbonyl (C=O) groups is 1. The van der Waals surface area contributed by atoms with Crippen molar-refractivity contribution in [3.05, 3.63) is 41.7 Å². The zero-order valence-corrected chi connectivity index (χ0v) is 16.1. The molecule has 3 heterocycles. The van der Waals surface area contributed by atoms with Crippen LogP contribution in [0.1, 0.15) is 30.6 Å². The van der Waals surface area contributed by atoms with Crippen LogP contribution in [0.15, 0.2) is 35.5 Å². The quantitative estimate of drug-likeness (QED) is 0.845. The summed E-state index contributed by atoms with van der Waals surface area (Å²) in [6, 6.07) is 4.60. The molecule has 1 saturated heterocycles. The largest absolute Gasteiger partial charge is 0.372 e. The smallest absolute Gasteiger partial charge is 0.240 e. The summed E-state index contributed by atoms with van der Waals surface area (Å²) in [5.41, 5.74) is 2.51. The van der Waals surface area contributed by atoms with Crippen LogP contribution in [0.2, 0.25) is 0 Å². The summed E-state index contributed by atoms with van der Waals surface area (Å²) < 4.78 is 36.1. The standard InChI is InChI=1S/C18H22N4O4S/c1-12(23)22-7-5-13-3-4-15(9-17(13)22)27(24,25)20-16-6-8-26-18(16)14-10-19-21(2)11-14/h3-4,9-11,16,18,20H,5-8H2,1-2H3/t16-,18+/m0/s1. The van der Waals surface area contributed by atoms with E-state index in [0.29, 0.717) is 25.3 Å². The maximum absolute atomic E-state index is 13.0. The van der Waals surface area contributed by atoms with Crippen molar-refractivity contribution in [2.75, 3.05) is 18.1 Å². The van der Waals surface area contributed by atoms with Gasteiger partial charge in [-0.05, 0) is 30.5 Å². The first-order chi connectivity index (χ1) is 12.8. The topological polar surface area (TPSA) is 93.5 Å². The number of carbonyl (C=O) groups excluding carboxylic acids is 1. The number of fused-ring (bicyclic) bond motifs is 1. The summed E-state index contributed by atoms with van der Waals surface area (Å²) in [5.74, 6) is -0.0860. The van der Waals surface area contributed by atoms with Crippen LogP contribution in [0.3, 0.4) is 0 Å². The maximum Gasteiger partial charge on any atom is 0.240 e. The average Bonchev–Trinajstić information content (AvgIpc) is 3.32. The van der Waals surface area contributed by atoms with Crippen molar-refractivity contribution < 1.29 is 17.9 Å². The van der Waals surface area contributed by atoms with Gasteiger partial charge in [0.05, 0.1) is 17.1 Å². The van der Waals surface area contributed by atoms with Crippen molar-refractivity contribution in [2.45, 2.75) is 36.8 Å². The normalized spacial score (nSPS) is 22.2. The van der Waals surface area contributed by atoms with Crippen LogP contribution in [0.5, 0.6) is 0 Å². The van der Waals surface area contributed by atoms with E-state index in [1.165, 1.54) is 6.92 Å². The van der Waals surface area contributed by atoms with Gasteiger partial charge in [-0.3, -0.25) is 9.48 Å². The lowest BCUT2D eigenvalue weighted by Gasteiger charge is -2.20. The highest BCUT2D eigenvalue weighted by Gasteiger charge is 2.34. The summed E-state index contributed by atoms with van der Waals surface area (Å²) in [7, 11) is -1.94. The maximum atomic E-state index is 13.0. The van der Waals surface area contributed by atoms with E-state index in [2.05, 4.69) is 9.82 Å². The van der Waals surface area contributed by atoms with E-state index in [1.807, 2.05) is 13.2 Å². The second kappa shape index (κ2) is 6.74. The monoisotopic (exact) mass is 390 g/mol. The number of benzene rings is 1. The first-order valence-corrected chi connectivity index (χ1v) is 10.4. The van der Waals surface area contributed by atoms with E-state index in [0.717, 1.165) is 17.5 Å². The van der Waals surface area contributed by atoms with Gasteiger partial charge < -0.3 is 9.64 Å². The molecule has 27 heavy (non-hydrogen) atoms. The highest BCUT2D eigenvalue weighted by atomic mass is 32.2. The van der Waals surface area contributed by atoms with Gasteiger partial charge in [0.25, 0.3) is 0 Å². The molecule has 0 saturated carbocycles. The van der Waals surface area contributed by atoms with Gasteiger partial charge in [-0.1, -0.05) is 6.07 Å². The van der Waals surface area contributed by atoms with Gasteiger partial charge in [0.15, 0.2) is 0 Å². The molecule has 0 unspecified atom stereocenters. The molecule has 8 nitrogen and oxygen atoms in total. The SMILES string of the molecule is CC(=O)N1CCc2ccc(S(=O)(=O)N[C@H]3CCO[C@@H]3c3cnn(C)c3)cc21. The molecule has 9 heteroatoms. The zero-order valence-electron chi connectivity index (χ0n) is 15.3.